The van der Waals surface area contributed by atoms with Crippen LogP contribution >= 0.6 is 0 Å². The number of rotatable bonds is 9. The predicted molar refractivity (Wildman–Crippen MR) is 137 cm³/mol. The number of hydrogen-bond donors (Lipinski definition) is 1. The van der Waals surface area contributed by atoms with Crippen molar-refractivity contribution in [3.05, 3.63) is 137 Å². The number of halogens is 2. The zero-order valence-electron chi connectivity index (χ0n) is 20.1. The molecule has 0 bridgehead atoms. The highest BCUT2D eigenvalue weighted by Gasteiger charge is 2.48. The van der Waals surface area contributed by atoms with E-state index < -0.39 is 12.0 Å². The quantitative estimate of drug-likeness (QED) is 0.274. The van der Waals surface area contributed by atoms with E-state index >= 15 is 0 Å². The monoisotopic (exact) mass is 499 g/mol. The molecule has 6 heteroatoms. The van der Waals surface area contributed by atoms with Crippen molar-refractivity contribution in [2.24, 2.45) is 0 Å². The first-order valence-corrected chi connectivity index (χ1v) is 12.3. The standard InChI is InChI=1S/C31H27F2NO3/c32-25-12-6-22(7-13-25)28(35)18-19-34-30(29(31(34)36)23-8-14-26(33)15-9-23)24-10-16-27(17-11-24)37-20-21-4-2-1-3-5-21/h1-17,28-30,35H,18-20H2/t28-,29-,30-/m0/s1. The molecule has 1 amide bonds. The van der Waals surface area contributed by atoms with E-state index in [0.717, 1.165) is 22.4 Å². The summed E-state index contributed by atoms with van der Waals surface area (Å²) in [5.41, 5.74) is 3.34. The van der Waals surface area contributed by atoms with E-state index in [1.807, 2.05) is 54.6 Å². The number of aliphatic hydroxyl groups is 1. The molecule has 0 radical (unpaired) electrons. The first-order chi connectivity index (χ1) is 18.0. The summed E-state index contributed by atoms with van der Waals surface area (Å²) < 4.78 is 32.7. The molecule has 4 aromatic rings. The average molecular weight is 500 g/mol. The lowest BCUT2D eigenvalue weighted by molar-refractivity contribution is -0.151. The third-order valence-corrected chi connectivity index (χ3v) is 6.80. The van der Waals surface area contributed by atoms with Crippen molar-refractivity contribution in [1.29, 1.82) is 0 Å². The van der Waals surface area contributed by atoms with Crippen LogP contribution < -0.4 is 4.74 Å². The third-order valence-electron chi connectivity index (χ3n) is 6.80. The van der Waals surface area contributed by atoms with Crippen LogP contribution in [0, 0.1) is 11.6 Å². The minimum atomic E-state index is -0.826. The summed E-state index contributed by atoms with van der Waals surface area (Å²) >= 11 is 0. The summed E-state index contributed by atoms with van der Waals surface area (Å²) in [5.74, 6) is -0.527. The van der Waals surface area contributed by atoms with Crippen molar-refractivity contribution < 1.29 is 23.4 Å². The molecule has 5 rings (SSSR count). The number of likely N-dealkylation sites (tertiary alicyclic amines) is 1. The topological polar surface area (TPSA) is 49.8 Å². The summed E-state index contributed by atoms with van der Waals surface area (Å²) in [4.78, 5) is 15.0. The minimum absolute atomic E-state index is 0.0766. The van der Waals surface area contributed by atoms with Crippen molar-refractivity contribution >= 4 is 5.91 Å². The van der Waals surface area contributed by atoms with Crippen LogP contribution in [0.1, 0.15) is 46.7 Å². The minimum Gasteiger partial charge on any atom is -0.489 e. The molecule has 37 heavy (non-hydrogen) atoms. The van der Waals surface area contributed by atoms with E-state index in [9.17, 15) is 18.7 Å². The van der Waals surface area contributed by atoms with E-state index in [0.29, 0.717) is 25.1 Å². The van der Waals surface area contributed by atoms with Gasteiger partial charge in [-0.3, -0.25) is 4.79 Å². The van der Waals surface area contributed by atoms with E-state index in [4.69, 9.17) is 4.74 Å². The first kappa shape index (κ1) is 24.7. The molecule has 1 heterocycles. The Labute approximate surface area is 214 Å². The van der Waals surface area contributed by atoms with Gasteiger partial charge in [0.1, 0.15) is 24.0 Å². The molecule has 3 atom stereocenters. The molecular weight excluding hydrogens is 472 g/mol. The molecule has 0 aliphatic carbocycles. The zero-order chi connectivity index (χ0) is 25.8. The van der Waals surface area contributed by atoms with Crippen LogP contribution in [0.3, 0.4) is 0 Å². The number of aliphatic hydroxyl groups excluding tert-OH is 1. The Morgan fingerprint density at radius 2 is 1.38 bits per heavy atom. The third kappa shape index (κ3) is 5.54. The second-order valence-electron chi connectivity index (χ2n) is 9.21. The van der Waals surface area contributed by atoms with Gasteiger partial charge in [0.05, 0.1) is 18.1 Å². The van der Waals surface area contributed by atoms with E-state index in [2.05, 4.69) is 0 Å². The SMILES string of the molecule is O=C1[C@@H](c2ccc(F)cc2)[C@H](c2ccc(OCc3ccccc3)cc2)N1CC[C@H](O)c1ccc(F)cc1. The molecule has 0 unspecified atom stereocenters. The molecule has 1 aliphatic heterocycles. The zero-order valence-corrected chi connectivity index (χ0v) is 20.1. The summed E-state index contributed by atoms with van der Waals surface area (Å²) in [6.07, 6.45) is -0.518. The van der Waals surface area contributed by atoms with Crippen molar-refractivity contribution in [1.82, 2.24) is 4.90 Å². The molecule has 1 saturated heterocycles. The van der Waals surface area contributed by atoms with Gasteiger partial charge in [-0.2, -0.15) is 0 Å². The highest BCUT2D eigenvalue weighted by atomic mass is 19.1. The Morgan fingerprint density at radius 3 is 2.03 bits per heavy atom. The number of ether oxygens (including phenoxy) is 1. The molecule has 0 spiro atoms. The molecule has 188 valence electrons. The van der Waals surface area contributed by atoms with Crippen LogP contribution in [0.2, 0.25) is 0 Å². The second-order valence-corrected chi connectivity index (χ2v) is 9.21. The van der Waals surface area contributed by atoms with Gasteiger partial charge in [0.15, 0.2) is 0 Å². The van der Waals surface area contributed by atoms with Gasteiger partial charge in [-0.05, 0) is 65.1 Å². The summed E-state index contributed by atoms with van der Waals surface area (Å²) in [7, 11) is 0. The first-order valence-electron chi connectivity index (χ1n) is 12.3. The fraction of sp³-hybridized carbons (Fsp3) is 0.194. The van der Waals surface area contributed by atoms with Gasteiger partial charge in [0.25, 0.3) is 0 Å². The van der Waals surface area contributed by atoms with Crippen molar-refractivity contribution in [2.45, 2.75) is 31.1 Å². The molecule has 1 aliphatic rings. The van der Waals surface area contributed by atoms with Gasteiger partial charge >= 0.3 is 0 Å². The fourth-order valence-electron chi connectivity index (χ4n) is 4.78. The summed E-state index contributed by atoms with van der Waals surface area (Å²) in [6.45, 7) is 0.777. The largest absolute Gasteiger partial charge is 0.489 e. The van der Waals surface area contributed by atoms with Crippen molar-refractivity contribution in [3.8, 4) is 5.75 Å². The van der Waals surface area contributed by atoms with Crippen LogP contribution in [0.15, 0.2) is 103 Å². The lowest BCUT2D eigenvalue weighted by atomic mass is 9.77. The van der Waals surface area contributed by atoms with Crippen LogP contribution in [0.4, 0.5) is 8.78 Å². The molecule has 4 aromatic carbocycles. The second kappa shape index (κ2) is 10.9. The lowest BCUT2D eigenvalue weighted by Gasteiger charge is -2.48. The summed E-state index contributed by atoms with van der Waals surface area (Å²) in [5, 5.41) is 10.6. The smallest absolute Gasteiger partial charge is 0.233 e. The van der Waals surface area contributed by atoms with Crippen LogP contribution in [-0.2, 0) is 11.4 Å². The van der Waals surface area contributed by atoms with Crippen molar-refractivity contribution in [2.75, 3.05) is 6.54 Å². The fourth-order valence-corrected chi connectivity index (χ4v) is 4.78. The lowest BCUT2D eigenvalue weighted by Crippen LogP contribution is -2.53. The molecule has 1 fully saturated rings. The Morgan fingerprint density at radius 1 is 0.784 bits per heavy atom. The number of β-lactam (4-membered cyclic amide) rings is 1. The van der Waals surface area contributed by atoms with Gasteiger partial charge in [-0.1, -0.05) is 66.7 Å². The van der Waals surface area contributed by atoms with Crippen LogP contribution in [-0.4, -0.2) is 22.5 Å². The number of nitrogens with zero attached hydrogens (tertiary/aromatic N) is 1. The van der Waals surface area contributed by atoms with Gasteiger partial charge in [-0.15, -0.1) is 0 Å². The maximum absolute atomic E-state index is 13.5. The van der Waals surface area contributed by atoms with Gasteiger partial charge in [0, 0.05) is 6.54 Å². The number of carbonyl (C=O) groups excluding carboxylic acids is 1. The molecule has 0 saturated carbocycles. The van der Waals surface area contributed by atoms with Crippen LogP contribution in [0.25, 0.3) is 0 Å². The normalized spacial score (nSPS) is 17.8. The van der Waals surface area contributed by atoms with Gasteiger partial charge < -0.3 is 14.7 Å². The maximum Gasteiger partial charge on any atom is 0.233 e. The Bertz CT molecular complexity index is 1330. The Balaban J connectivity index is 1.32. The molecule has 0 aromatic heterocycles. The highest BCUT2D eigenvalue weighted by Crippen LogP contribution is 2.47. The molecule has 1 N–H and O–H groups in total. The van der Waals surface area contributed by atoms with Gasteiger partial charge in [-0.25, -0.2) is 8.78 Å². The van der Waals surface area contributed by atoms with Gasteiger partial charge in [0.2, 0.25) is 5.91 Å². The maximum atomic E-state index is 13.5. The van der Waals surface area contributed by atoms with Crippen molar-refractivity contribution in [3.63, 3.8) is 0 Å². The number of amides is 1. The highest BCUT2D eigenvalue weighted by molar-refractivity contribution is 5.91. The Kier molecular flexibility index (Phi) is 7.28. The number of hydrogen-bond acceptors (Lipinski definition) is 3. The Hall–Kier alpha value is -4.03. The summed E-state index contributed by atoms with van der Waals surface area (Å²) in [6, 6.07) is 29.0. The predicted octanol–water partition coefficient (Wildman–Crippen LogP) is 6.33. The van der Waals surface area contributed by atoms with Crippen LogP contribution in [0.5, 0.6) is 5.75 Å². The van der Waals surface area contributed by atoms with E-state index in [1.54, 1.807) is 29.2 Å². The molecule has 4 nitrogen and oxygen atoms in total. The molecular formula is C31H27F2NO3. The van der Waals surface area contributed by atoms with E-state index in [-0.39, 0.29) is 23.6 Å². The number of carbonyl (C=O) groups is 1. The average Bonchev–Trinajstić information content (AvgIpc) is 2.93. The van der Waals surface area contributed by atoms with E-state index in [1.165, 1.54) is 24.3 Å². The number of benzene rings is 4.